The summed E-state index contributed by atoms with van der Waals surface area (Å²) in [4.78, 5) is 22.9. The fourth-order valence-corrected chi connectivity index (χ4v) is 7.86. The summed E-state index contributed by atoms with van der Waals surface area (Å²) < 4.78 is 24.2. The van der Waals surface area contributed by atoms with Crippen molar-refractivity contribution >= 4 is 50.4 Å². The number of primary sulfonamides is 1. The molecule has 0 spiro atoms. The van der Waals surface area contributed by atoms with Crippen LogP contribution in [-0.2, 0) is 10.0 Å². The van der Waals surface area contributed by atoms with Crippen LogP contribution in [0.5, 0.6) is 0 Å². The highest BCUT2D eigenvalue weighted by Crippen LogP contribution is 2.58. The van der Waals surface area contributed by atoms with E-state index in [0.717, 1.165) is 0 Å². The number of hydrogen-bond acceptors (Lipinski definition) is 8. The lowest BCUT2D eigenvalue weighted by Crippen LogP contribution is -2.32. The summed E-state index contributed by atoms with van der Waals surface area (Å²) in [6, 6.07) is 16.9. The summed E-state index contributed by atoms with van der Waals surface area (Å²) in [6.45, 7) is 0. The molecule has 3 N–H and O–H groups in total. The predicted octanol–water partition coefficient (Wildman–Crippen LogP) is 5.19. The second kappa shape index (κ2) is 9.60. The maximum absolute atomic E-state index is 12.1. The zero-order valence-corrected chi connectivity index (χ0v) is 21.4. The van der Waals surface area contributed by atoms with Crippen LogP contribution in [0.15, 0.2) is 76.5 Å². The number of rotatable bonds is 6. The molecule has 13 heteroatoms. The van der Waals surface area contributed by atoms with Crippen molar-refractivity contribution in [2.24, 2.45) is 11.1 Å². The normalized spacial score (nSPS) is 24.5. The highest BCUT2D eigenvalue weighted by atomic mass is 35.5. The average molecular weight is 561 g/mol. The van der Waals surface area contributed by atoms with Gasteiger partial charge in [0.25, 0.3) is 11.4 Å². The summed E-state index contributed by atoms with van der Waals surface area (Å²) in [5, 5.41) is 31.3. The molecule has 0 bridgehead atoms. The number of anilines is 1. The molecule has 5 atom stereocenters. The van der Waals surface area contributed by atoms with Crippen molar-refractivity contribution < 1.29 is 18.3 Å². The third-order valence-corrected chi connectivity index (χ3v) is 9.95. The van der Waals surface area contributed by atoms with Crippen LogP contribution in [0.1, 0.15) is 29.5 Å². The van der Waals surface area contributed by atoms with Gasteiger partial charge in [0, 0.05) is 29.0 Å². The summed E-state index contributed by atoms with van der Waals surface area (Å²) in [6.07, 6.45) is 0.484. The molecule has 192 valence electrons. The molecule has 0 aromatic heterocycles. The lowest BCUT2D eigenvalue weighted by atomic mass is 9.77. The van der Waals surface area contributed by atoms with Gasteiger partial charge >= 0.3 is 0 Å². The van der Waals surface area contributed by atoms with Crippen molar-refractivity contribution in [1.82, 2.24) is 0 Å². The number of para-hydroxylation sites is 2. The molecule has 3 aromatic rings. The molecule has 3 aromatic carbocycles. The Morgan fingerprint density at radius 2 is 1.59 bits per heavy atom. The van der Waals surface area contributed by atoms with Gasteiger partial charge in [0.05, 0.1) is 36.6 Å². The number of hydrogen-bond donors (Lipinski definition) is 2. The zero-order chi connectivity index (χ0) is 26.5. The molecule has 0 radical (unpaired) electrons. The highest BCUT2D eigenvalue weighted by Gasteiger charge is 2.51. The molecule has 0 saturated heterocycles. The maximum atomic E-state index is 12.1. The van der Waals surface area contributed by atoms with E-state index in [1.165, 1.54) is 36.0 Å². The van der Waals surface area contributed by atoms with E-state index in [0.29, 0.717) is 28.1 Å². The van der Waals surface area contributed by atoms with Crippen LogP contribution in [0.4, 0.5) is 17.1 Å². The van der Waals surface area contributed by atoms with Gasteiger partial charge < -0.3 is 5.32 Å². The Bertz CT molecular complexity index is 1520. The molecule has 2 aliphatic rings. The van der Waals surface area contributed by atoms with Gasteiger partial charge in [-0.1, -0.05) is 30.3 Å². The van der Waals surface area contributed by atoms with E-state index < -0.39 is 31.3 Å². The van der Waals surface area contributed by atoms with Gasteiger partial charge in [0.15, 0.2) is 0 Å². The van der Waals surface area contributed by atoms with E-state index in [4.69, 9.17) is 16.7 Å². The lowest BCUT2D eigenvalue weighted by molar-refractivity contribution is -0.387. The zero-order valence-electron chi connectivity index (χ0n) is 19.1. The Labute approximate surface area is 221 Å². The van der Waals surface area contributed by atoms with E-state index >= 15 is 0 Å². The van der Waals surface area contributed by atoms with Crippen molar-refractivity contribution in [1.29, 1.82) is 0 Å². The van der Waals surface area contributed by atoms with E-state index in [-0.39, 0.29) is 33.4 Å². The van der Waals surface area contributed by atoms with E-state index in [9.17, 15) is 28.6 Å². The molecular formula is C24H21ClN4O6S2. The topological polar surface area (TPSA) is 158 Å². The minimum Gasteiger partial charge on any atom is -0.377 e. The smallest absolute Gasteiger partial charge is 0.282 e. The van der Waals surface area contributed by atoms with Crippen molar-refractivity contribution in [3.8, 4) is 0 Å². The number of nitrogens with one attached hydrogen (secondary N) is 1. The molecule has 1 heterocycles. The Balaban J connectivity index is 1.61. The SMILES string of the molecule is NS(=O)(=O)c1ccc2c(c1)[C@H]1[C@@H](Cl)[C@@H](Sc3ccccc3[N+](=O)[O-])C[C@H]1[C@H](c1ccccc1[N+](=O)[O-])N2. The summed E-state index contributed by atoms with van der Waals surface area (Å²) in [7, 11) is -3.98. The van der Waals surface area contributed by atoms with Gasteiger partial charge in [0.2, 0.25) is 10.0 Å². The monoisotopic (exact) mass is 560 g/mol. The number of halogens is 1. The van der Waals surface area contributed by atoms with Crippen LogP contribution < -0.4 is 10.5 Å². The second-order valence-corrected chi connectivity index (χ2v) is 12.3. The van der Waals surface area contributed by atoms with Crippen LogP contribution in [0, 0.1) is 26.1 Å². The molecule has 10 nitrogen and oxygen atoms in total. The molecule has 1 aliphatic carbocycles. The second-order valence-electron chi connectivity index (χ2n) is 8.98. The van der Waals surface area contributed by atoms with Crippen molar-refractivity contribution in [3.05, 3.63) is 98.1 Å². The first kappa shape index (κ1) is 25.5. The molecule has 0 amide bonds. The number of nitrogens with zero attached hydrogens (tertiary/aromatic N) is 2. The number of nitro benzene ring substituents is 2. The Kier molecular flexibility index (Phi) is 6.61. The molecule has 0 unspecified atom stereocenters. The third-order valence-electron chi connectivity index (χ3n) is 6.92. The fourth-order valence-electron chi connectivity index (χ4n) is 5.37. The summed E-state index contributed by atoms with van der Waals surface area (Å²) in [5.41, 5.74) is 1.68. The molecule has 37 heavy (non-hydrogen) atoms. The fraction of sp³-hybridized carbons (Fsp3) is 0.250. The minimum absolute atomic E-state index is 0.0310. The molecular weight excluding hydrogens is 540 g/mol. The van der Waals surface area contributed by atoms with Gasteiger partial charge in [-0.05, 0) is 42.2 Å². The van der Waals surface area contributed by atoms with Gasteiger partial charge in [-0.25, -0.2) is 13.6 Å². The number of thioether (sulfide) groups is 1. The Morgan fingerprint density at radius 3 is 2.27 bits per heavy atom. The lowest BCUT2D eigenvalue weighted by Gasteiger charge is -2.38. The highest BCUT2D eigenvalue weighted by molar-refractivity contribution is 8.00. The minimum atomic E-state index is -3.98. The molecule has 1 aliphatic heterocycles. The Hall–Kier alpha value is -3.19. The van der Waals surface area contributed by atoms with Crippen molar-refractivity contribution in [2.45, 2.75) is 38.8 Å². The standard InChI is InChI=1S/C24H21ClN4O6S2/c25-23-21(36-20-8-4-3-7-19(20)29(32)33)12-16-22(23)15-11-13(37(26,34)35)9-10-17(15)27-24(16)14-5-1-2-6-18(14)28(30)31/h1-11,16,21-24,27H,12H2,(H2,26,34,35)/t16-,21+,22-,23+,24+/m1/s1. The maximum Gasteiger partial charge on any atom is 0.282 e. The largest absolute Gasteiger partial charge is 0.377 e. The first-order valence-corrected chi connectivity index (χ1v) is 14.1. The van der Waals surface area contributed by atoms with Gasteiger partial charge in [-0.15, -0.1) is 23.4 Å². The first-order chi connectivity index (χ1) is 17.6. The third kappa shape index (κ3) is 4.65. The number of sulfonamides is 1. The molecule has 5 rings (SSSR count). The summed E-state index contributed by atoms with van der Waals surface area (Å²) >= 11 is 8.34. The molecule has 1 saturated carbocycles. The van der Waals surface area contributed by atoms with Crippen molar-refractivity contribution in [2.75, 3.05) is 5.32 Å². The predicted molar refractivity (Wildman–Crippen MR) is 141 cm³/mol. The van der Waals surface area contributed by atoms with Crippen LogP contribution in [0.3, 0.4) is 0 Å². The summed E-state index contributed by atoms with van der Waals surface area (Å²) in [5.74, 6) is -0.642. The Morgan fingerprint density at radius 1 is 0.946 bits per heavy atom. The molecule has 1 fully saturated rings. The average Bonchev–Trinajstić information content (AvgIpc) is 3.19. The van der Waals surface area contributed by atoms with Gasteiger partial charge in [0.1, 0.15) is 0 Å². The quantitative estimate of drug-likeness (QED) is 0.237. The number of alkyl halides is 1. The van der Waals surface area contributed by atoms with Crippen LogP contribution in [0.2, 0.25) is 0 Å². The number of nitro groups is 2. The first-order valence-electron chi connectivity index (χ1n) is 11.3. The van der Waals surface area contributed by atoms with E-state index in [2.05, 4.69) is 5.32 Å². The number of fused-ring (bicyclic) bond motifs is 3. The number of nitrogens with two attached hydrogens (primary N) is 1. The van der Waals surface area contributed by atoms with Gasteiger partial charge in [-0.3, -0.25) is 20.2 Å². The number of benzene rings is 3. The van der Waals surface area contributed by atoms with Crippen molar-refractivity contribution in [3.63, 3.8) is 0 Å². The van der Waals surface area contributed by atoms with Crippen LogP contribution in [0.25, 0.3) is 0 Å². The van der Waals surface area contributed by atoms with Crippen LogP contribution >= 0.6 is 23.4 Å². The van der Waals surface area contributed by atoms with E-state index in [1.807, 2.05) is 0 Å². The van der Waals surface area contributed by atoms with E-state index in [1.54, 1.807) is 42.5 Å². The van der Waals surface area contributed by atoms with Crippen LogP contribution in [-0.4, -0.2) is 28.9 Å². The van der Waals surface area contributed by atoms with Gasteiger partial charge in [-0.2, -0.15) is 0 Å².